The first-order valence-electron chi connectivity index (χ1n) is 8.84. The molecule has 1 aliphatic heterocycles. The maximum absolute atomic E-state index is 12.2. The van der Waals surface area contributed by atoms with Crippen LogP contribution in [-0.4, -0.2) is 45.8 Å². The van der Waals surface area contributed by atoms with Crippen LogP contribution >= 0.6 is 12.2 Å². The van der Waals surface area contributed by atoms with Gasteiger partial charge in [0.15, 0.2) is 4.77 Å². The lowest BCUT2D eigenvalue weighted by Crippen LogP contribution is -2.47. The minimum absolute atomic E-state index is 0.0618. The molecule has 2 heterocycles. The number of H-pyrrole nitrogens is 2. The zero-order valence-corrected chi connectivity index (χ0v) is 15.2. The van der Waals surface area contributed by atoms with Crippen LogP contribution in [0.25, 0.3) is 0 Å². The van der Waals surface area contributed by atoms with Gasteiger partial charge in [-0.05, 0) is 51.2 Å². The fourth-order valence-electron chi connectivity index (χ4n) is 3.30. The van der Waals surface area contributed by atoms with E-state index in [9.17, 15) is 14.4 Å². The molecule has 25 heavy (non-hydrogen) atoms. The molecular weight excluding hydrogens is 340 g/mol. The van der Waals surface area contributed by atoms with Gasteiger partial charge in [-0.15, -0.1) is 0 Å². The van der Waals surface area contributed by atoms with Crippen molar-refractivity contribution in [2.45, 2.75) is 51.5 Å². The first-order chi connectivity index (χ1) is 11.9. The average molecular weight is 364 g/mol. The number of rotatable bonds is 5. The van der Waals surface area contributed by atoms with Crippen LogP contribution in [0, 0.1) is 17.6 Å². The summed E-state index contributed by atoms with van der Waals surface area (Å²) < 4.78 is 0.295. The number of likely N-dealkylation sites (tertiary alicyclic amines) is 1. The highest BCUT2D eigenvalue weighted by Crippen LogP contribution is 2.31. The van der Waals surface area contributed by atoms with Crippen molar-refractivity contribution in [3.63, 3.8) is 0 Å². The number of piperidine rings is 1. The summed E-state index contributed by atoms with van der Waals surface area (Å²) in [5, 5.41) is 3.02. The molecule has 1 saturated heterocycles. The zero-order chi connectivity index (χ0) is 18.0. The monoisotopic (exact) mass is 364 g/mol. The molecule has 0 spiro atoms. The summed E-state index contributed by atoms with van der Waals surface area (Å²) in [5.74, 6) is 0.472. The van der Waals surface area contributed by atoms with Gasteiger partial charge in [0.25, 0.3) is 5.56 Å². The predicted molar refractivity (Wildman–Crippen MR) is 95.8 cm³/mol. The van der Waals surface area contributed by atoms with Gasteiger partial charge in [-0.1, -0.05) is 0 Å². The van der Waals surface area contributed by atoms with E-state index in [4.69, 9.17) is 12.2 Å². The average Bonchev–Trinajstić information content (AvgIpc) is 3.38. The van der Waals surface area contributed by atoms with Gasteiger partial charge < -0.3 is 15.2 Å². The molecule has 7 nitrogen and oxygen atoms in total. The molecule has 136 valence electrons. The summed E-state index contributed by atoms with van der Waals surface area (Å²) in [6.07, 6.45) is 4.27. The molecule has 1 aliphatic carbocycles. The molecular formula is C17H24N4O3S. The second-order valence-electron chi connectivity index (χ2n) is 6.95. The van der Waals surface area contributed by atoms with E-state index < -0.39 is 0 Å². The molecule has 0 aromatic carbocycles. The Morgan fingerprint density at radius 1 is 1.20 bits per heavy atom. The van der Waals surface area contributed by atoms with E-state index in [1.807, 2.05) is 4.90 Å². The Kier molecular flexibility index (Phi) is 5.36. The van der Waals surface area contributed by atoms with Gasteiger partial charge in [-0.3, -0.25) is 19.4 Å². The predicted octanol–water partition coefficient (Wildman–Crippen LogP) is 1.19. The first kappa shape index (κ1) is 17.8. The second-order valence-corrected chi connectivity index (χ2v) is 7.36. The number of aryl methyl sites for hydroxylation is 1. The van der Waals surface area contributed by atoms with Crippen molar-refractivity contribution >= 4 is 24.0 Å². The number of nitrogens with zero attached hydrogens (tertiary/aromatic N) is 1. The quantitative estimate of drug-likeness (QED) is 0.684. The van der Waals surface area contributed by atoms with Crippen molar-refractivity contribution < 1.29 is 9.59 Å². The van der Waals surface area contributed by atoms with Crippen LogP contribution in [0.5, 0.6) is 0 Å². The van der Waals surface area contributed by atoms with E-state index in [0.29, 0.717) is 35.5 Å². The standard InChI is InChI=1S/C17H24N4O3S/c1-10-13(15(23)20-17(25)18-10)4-5-14(22)19-12-6-8-21(9-7-12)16(24)11-2-3-11/h11-12H,2-9H2,1H3,(H,19,22)(H2,18,20,23,25). The number of carbonyl (C=O) groups is 2. The van der Waals surface area contributed by atoms with Gasteiger partial charge in [0.2, 0.25) is 11.8 Å². The molecule has 0 unspecified atom stereocenters. The van der Waals surface area contributed by atoms with Gasteiger partial charge in [-0.2, -0.15) is 0 Å². The molecule has 0 bridgehead atoms. The highest BCUT2D eigenvalue weighted by molar-refractivity contribution is 7.71. The molecule has 2 aliphatic rings. The maximum Gasteiger partial charge on any atom is 0.255 e. The molecule has 2 amide bonds. The molecule has 0 atom stereocenters. The summed E-state index contributed by atoms with van der Waals surface area (Å²) >= 11 is 4.92. The summed E-state index contributed by atoms with van der Waals surface area (Å²) in [5.41, 5.74) is 1.03. The maximum atomic E-state index is 12.2. The Morgan fingerprint density at radius 3 is 2.48 bits per heavy atom. The molecule has 3 rings (SSSR count). The number of hydrogen-bond donors (Lipinski definition) is 3. The van der Waals surface area contributed by atoms with Crippen molar-refractivity contribution in [1.82, 2.24) is 20.2 Å². The van der Waals surface area contributed by atoms with Crippen LogP contribution in [0.3, 0.4) is 0 Å². The van der Waals surface area contributed by atoms with Crippen molar-refractivity contribution in [3.05, 3.63) is 26.4 Å². The fourth-order valence-corrected chi connectivity index (χ4v) is 3.54. The Hall–Kier alpha value is -1.96. The molecule has 1 aromatic heterocycles. The third-order valence-corrected chi connectivity index (χ3v) is 5.16. The van der Waals surface area contributed by atoms with Gasteiger partial charge in [0.05, 0.1) is 0 Å². The van der Waals surface area contributed by atoms with E-state index in [-0.39, 0.29) is 35.8 Å². The van der Waals surface area contributed by atoms with E-state index >= 15 is 0 Å². The Morgan fingerprint density at radius 2 is 1.88 bits per heavy atom. The van der Waals surface area contributed by atoms with Crippen LogP contribution in [0.15, 0.2) is 4.79 Å². The third kappa shape index (κ3) is 4.56. The molecule has 8 heteroatoms. The summed E-state index contributed by atoms with van der Waals surface area (Å²) in [6.45, 7) is 3.22. The summed E-state index contributed by atoms with van der Waals surface area (Å²) in [4.78, 5) is 43.5. The lowest BCUT2D eigenvalue weighted by molar-refractivity contribution is -0.133. The lowest BCUT2D eigenvalue weighted by Gasteiger charge is -2.32. The number of nitrogens with one attached hydrogen (secondary N) is 3. The van der Waals surface area contributed by atoms with Crippen molar-refractivity contribution in [3.8, 4) is 0 Å². The molecule has 2 fully saturated rings. The van der Waals surface area contributed by atoms with E-state index in [1.165, 1.54) is 0 Å². The SMILES string of the molecule is Cc1[nH]c(=S)[nH]c(=O)c1CCC(=O)NC1CCN(C(=O)C2CC2)CC1. The van der Waals surface area contributed by atoms with Crippen LogP contribution in [0.1, 0.15) is 43.4 Å². The van der Waals surface area contributed by atoms with Crippen LogP contribution in [0.2, 0.25) is 0 Å². The Balaban J connectivity index is 1.45. The topological polar surface area (TPSA) is 98.1 Å². The zero-order valence-electron chi connectivity index (χ0n) is 14.4. The number of aromatic nitrogens is 2. The minimum atomic E-state index is -0.235. The number of amides is 2. The number of hydrogen-bond acceptors (Lipinski definition) is 4. The molecule has 1 saturated carbocycles. The van der Waals surface area contributed by atoms with Crippen LogP contribution in [-0.2, 0) is 16.0 Å². The smallest absolute Gasteiger partial charge is 0.255 e. The largest absolute Gasteiger partial charge is 0.353 e. The molecule has 1 aromatic rings. The minimum Gasteiger partial charge on any atom is -0.353 e. The molecule has 0 radical (unpaired) electrons. The third-order valence-electron chi connectivity index (χ3n) is 4.96. The van der Waals surface area contributed by atoms with E-state index in [2.05, 4.69) is 15.3 Å². The van der Waals surface area contributed by atoms with Crippen LogP contribution in [0.4, 0.5) is 0 Å². The summed E-state index contributed by atoms with van der Waals surface area (Å²) in [7, 11) is 0. The highest BCUT2D eigenvalue weighted by atomic mass is 32.1. The first-order valence-corrected chi connectivity index (χ1v) is 9.25. The van der Waals surface area contributed by atoms with Crippen LogP contribution < -0.4 is 10.9 Å². The Labute approximate surface area is 151 Å². The van der Waals surface area contributed by atoms with Gasteiger partial charge in [0, 0.05) is 42.7 Å². The fraction of sp³-hybridized carbons (Fsp3) is 0.647. The van der Waals surface area contributed by atoms with Gasteiger partial charge in [0.1, 0.15) is 0 Å². The second kappa shape index (κ2) is 7.51. The normalized spacial score (nSPS) is 18.2. The van der Waals surface area contributed by atoms with E-state index in [1.54, 1.807) is 6.92 Å². The van der Waals surface area contributed by atoms with Crippen molar-refractivity contribution in [2.75, 3.05) is 13.1 Å². The van der Waals surface area contributed by atoms with E-state index in [0.717, 1.165) is 25.7 Å². The number of aromatic amines is 2. The van der Waals surface area contributed by atoms with Gasteiger partial charge >= 0.3 is 0 Å². The lowest BCUT2D eigenvalue weighted by atomic mass is 10.0. The van der Waals surface area contributed by atoms with Crippen molar-refractivity contribution in [1.29, 1.82) is 0 Å². The highest BCUT2D eigenvalue weighted by Gasteiger charge is 2.35. The summed E-state index contributed by atoms with van der Waals surface area (Å²) in [6, 6.07) is 0.108. The van der Waals surface area contributed by atoms with Gasteiger partial charge in [-0.25, -0.2) is 0 Å². The van der Waals surface area contributed by atoms with Crippen molar-refractivity contribution in [2.24, 2.45) is 5.92 Å². The molecule has 3 N–H and O–H groups in total. The number of carbonyl (C=O) groups excluding carboxylic acids is 2. The Bertz CT molecular complexity index is 773.